The van der Waals surface area contributed by atoms with Crippen molar-refractivity contribution in [2.45, 2.75) is 6.04 Å². The zero-order chi connectivity index (χ0) is 16.7. The van der Waals surface area contributed by atoms with Crippen molar-refractivity contribution in [3.8, 4) is 0 Å². The molecule has 0 saturated carbocycles. The third kappa shape index (κ3) is 3.13. The van der Waals surface area contributed by atoms with Crippen LogP contribution in [0.2, 0.25) is 5.02 Å². The molecular formula is C18H14BrClN2OS. The number of fused-ring (bicyclic) bond motifs is 1. The van der Waals surface area contributed by atoms with Crippen molar-refractivity contribution < 1.29 is 4.79 Å². The van der Waals surface area contributed by atoms with Gasteiger partial charge in [0.1, 0.15) is 0 Å². The van der Waals surface area contributed by atoms with Crippen LogP contribution in [0.1, 0.15) is 27.5 Å². The van der Waals surface area contributed by atoms with Crippen LogP contribution in [0.3, 0.4) is 0 Å². The molecule has 1 saturated heterocycles. The van der Waals surface area contributed by atoms with Crippen molar-refractivity contribution in [3.05, 3.63) is 68.7 Å². The lowest BCUT2D eigenvalue weighted by atomic mass is 9.98. The van der Waals surface area contributed by atoms with Gasteiger partial charge in [-0.15, -0.1) is 0 Å². The van der Waals surface area contributed by atoms with E-state index < -0.39 is 0 Å². The Morgan fingerprint density at radius 1 is 1.21 bits per heavy atom. The van der Waals surface area contributed by atoms with Crippen molar-refractivity contribution in [2.24, 2.45) is 4.99 Å². The van der Waals surface area contributed by atoms with E-state index in [0.29, 0.717) is 16.1 Å². The van der Waals surface area contributed by atoms with Crippen LogP contribution >= 0.6 is 39.3 Å². The van der Waals surface area contributed by atoms with Gasteiger partial charge < -0.3 is 4.90 Å². The predicted molar refractivity (Wildman–Crippen MR) is 103 cm³/mol. The number of rotatable bonds is 3. The summed E-state index contributed by atoms with van der Waals surface area (Å²) in [5.74, 6) is 1.11. The van der Waals surface area contributed by atoms with Gasteiger partial charge in [-0.3, -0.25) is 9.79 Å². The standard InChI is InChI=1S/C18H14BrClN2OS/c19-14-8-12(16-10-22-5-6-24-18(22)21-16)7-13(9-14)17(23)11-1-3-15(20)4-2-11/h1-4,7-9,16H,5-6,10H2. The summed E-state index contributed by atoms with van der Waals surface area (Å²) in [6.07, 6.45) is 0. The van der Waals surface area contributed by atoms with Gasteiger partial charge in [-0.05, 0) is 48.0 Å². The molecule has 122 valence electrons. The smallest absolute Gasteiger partial charge is 0.193 e. The molecule has 0 radical (unpaired) electrons. The Morgan fingerprint density at radius 2 is 2.00 bits per heavy atom. The fourth-order valence-corrected chi connectivity index (χ4v) is 4.67. The van der Waals surface area contributed by atoms with Gasteiger partial charge in [0.05, 0.1) is 6.04 Å². The first-order valence-corrected chi connectivity index (χ1v) is 9.82. The van der Waals surface area contributed by atoms with E-state index in [9.17, 15) is 4.79 Å². The minimum absolute atomic E-state index is 0.00487. The average Bonchev–Trinajstić information content (AvgIpc) is 3.16. The molecule has 3 nitrogen and oxygen atoms in total. The Hall–Kier alpha value is -1.30. The Bertz CT molecular complexity index is 837. The summed E-state index contributed by atoms with van der Waals surface area (Å²) < 4.78 is 0.900. The maximum absolute atomic E-state index is 12.8. The number of halogens is 2. The molecule has 0 bridgehead atoms. The van der Waals surface area contributed by atoms with Gasteiger partial charge in [0.25, 0.3) is 0 Å². The molecule has 2 aromatic rings. The van der Waals surface area contributed by atoms with Crippen LogP contribution in [0.4, 0.5) is 0 Å². The van der Waals surface area contributed by atoms with Crippen LogP contribution in [-0.4, -0.2) is 34.7 Å². The molecule has 0 N–H and O–H groups in total. The Labute approximate surface area is 158 Å². The predicted octanol–water partition coefficient (Wildman–Crippen LogP) is 4.79. The van der Waals surface area contributed by atoms with E-state index in [0.717, 1.165) is 34.0 Å². The summed E-state index contributed by atoms with van der Waals surface area (Å²) in [5.41, 5.74) is 2.38. The fraction of sp³-hybridized carbons (Fsp3) is 0.222. The van der Waals surface area contributed by atoms with E-state index in [1.165, 1.54) is 0 Å². The first kappa shape index (κ1) is 16.2. The van der Waals surface area contributed by atoms with E-state index in [4.69, 9.17) is 16.6 Å². The van der Waals surface area contributed by atoms with E-state index in [1.807, 2.05) is 23.9 Å². The minimum Gasteiger partial charge on any atom is -0.348 e. The summed E-state index contributed by atoms with van der Waals surface area (Å²) >= 11 is 11.2. The minimum atomic E-state index is -0.00487. The van der Waals surface area contributed by atoms with Crippen LogP contribution in [0.15, 0.2) is 51.9 Å². The highest BCUT2D eigenvalue weighted by molar-refractivity contribution is 9.10. The zero-order valence-corrected chi connectivity index (χ0v) is 15.9. The van der Waals surface area contributed by atoms with Crippen molar-refractivity contribution in [3.63, 3.8) is 0 Å². The summed E-state index contributed by atoms with van der Waals surface area (Å²) in [6.45, 7) is 1.96. The number of ketones is 1. The van der Waals surface area contributed by atoms with Gasteiger partial charge >= 0.3 is 0 Å². The fourth-order valence-electron chi connectivity index (χ4n) is 2.99. The SMILES string of the molecule is O=C(c1ccc(Cl)cc1)c1cc(Br)cc(C2CN3CCSC3=N2)c1. The van der Waals surface area contributed by atoms with Crippen LogP contribution in [0.5, 0.6) is 0 Å². The Kier molecular flexibility index (Phi) is 4.41. The highest BCUT2D eigenvalue weighted by atomic mass is 79.9. The lowest BCUT2D eigenvalue weighted by Gasteiger charge is -2.14. The van der Waals surface area contributed by atoms with Gasteiger partial charge in [0.15, 0.2) is 11.0 Å². The average molecular weight is 422 g/mol. The molecule has 6 heteroatoms. The second-order valence-corrected chi connectivity index (χ2v) is 8.25. The second kappa shape index (κ2) is 6.54. The molecule has 24 heavy (non-hydrogen) atoms. The van der Waals surface area contributed by atoms with Crippen LogP contribution in [0.25, 0.3) is 0 Å². The van der Waals surface area contributed by atoms with Crippen molar-refractivity contribution in [2.75, 3.05) is 18.8 Å². The first-order chi connectivity index (χ1) is 11.6. The molecule has 2 heterocycles. The van der Waals surface area contributed by atoms with E-state index >= 15 is 0 Å². The molecule has 0 aliphatic carbocycles. The Morgan fingerprint density at radius 3 is 2.75 bits per heavy atom. The highest BCUT2D eigenvalue weighted by Gasteiger charge is 2.30. The molecule has 0 amide bonds. The topological polar surface area (TPSA) is 32.7 Å². The number of amidine groups is 1. The number of carbonyl (C=O) groups excluding carboxylic acids is 1. The van der Waals surface area contributed by atoms with Gasteiger partial charge in [-0.1, -0.05) is 39.3 Å². The van der Waals surface area contributed by atoms with Crippen LogP contribution in [0, 0.1) is 0 Å². The molecule has 2 aliphatic rings. The van der Waals surface area contributed by atoms with Gasteiger partial charge in [0.2, 0.25) is 0 Å². The molecule has 2 aliphatic heterocycles. The number of hydrogen-bond donors (Lipinski definition) is 0. The van der Waals surface area contributed by atoms with E-state index in [-0.39, 0.29) is 11.8 Å². The summed E-state index contributed by atoms with van der Waals surface area (Å²) in [4.78, 5) is 19.9. The molecule has 1 unspecified atom stereocenters. The lowest BCUT2D eigenvalue weighted by molar-refractivity contribution is 0.103. The maximum atomic E-state index is 12.8. The normalized spacial score (nSPS) is 19.3. The Balaban J connectivity index is 1.65. The third-order valence-corrected chi connectivity index (χ3v) is 5.91. The molecule has 4 rings (SSSR count). The van der Waals surface area contributed by atoms with Gasteiger partial charge in [-0.25, -0.2) is 0 Å². The van der Waals surface area contributed by atoms with Crippen molar-refractivity contribution in [1.29, 1.82) is 0 Å². The van der Waals surface area contributed by atoms with Crippen LogP contribution < -0.4 is 0 Å². The summed E-state index contributed by atoms with van der Waals surface area (Å²) in [5, 5.41) is 1.76. The summed E-state index contributed by atoms with van der Waals surface area (Å²) in [7, 11) is 0. The number of carbonyl (C=O) groups is 1. The maximum Gasteiger partial charge on any atom is 0.193 e. The zero-order valence-electron chi connectivity index (χ0n) is 12.7. The molecule has 0 spiro atoms. The largest absolute Gasteiger partial charge is 0.348 e. The number of nitrogens with zero attached hydrogens (tertiary/aromatic N) is 2. The van der Waals surface area contributed by atoms with Crippen molar-refractivity contribution >= 4 is 50.2 Å². The number of thioether (sulfide) groups is 1. The number of benzene rings is 2. The summed E-state index contributed by atoms with van der Waals surface area (Å²) in [6, 6.07) is 13.0. The molecule has 1 fully saturated rings. The quantitative estimate of drug-likeness (QED) is 0.668. The number of aliphatic imine (C=N–C) groups is 1. The van der Waals surface area contributed by atoms with E-state index in [1.54, 1.807) is 24.3 Å². The lowest BCUT2D eigenvalue weighted by Crippen LogP contribution is -2.21. The van der Waals surface area contributed by atoms with Gasteiger partial charge in [0, 0.05) is 39.5 Å². The van der Waals surface area contributed by atoms with Crippen LogP contribution in [-0.2, 0) is 0 Å². The highest BCUT2D eigenvalue weighted by Crippen LogP contribution is 2.34. The van der Waals surface area contributed by atoms with Gasteiger partial charge in [-0.2, -0.15) is 0 Å². The molecule has 0 aromatic heterocycles. The first-order valence-electron chi connectivity index (χ1n) is 7.66. The molecule has 2 aromatic carbocycles. The van der Waals surface area contributed by atoms with E-state index in [2.05, 4.69) is 26.9 Å². The van der Waals surface area contributed by atoms with Crippen molar-refractivity contribution in [1.82, 2.24) is 4.90 Å². The molecule has 1 atom stereocenters. The third-order valence-electron chi connectivity index (χ3n) is 4.20. The molecular weight excluding hydrogens is 408 g/mol. The number of hydrogen-bond acceptors (Lipinski definition) is 4. The second-order valence-electron chi connectivity index (χ2n) is 5.83. The monoisotopic (exact) mass is 420 g/mol.